The second kappa shape index (κ2) is 7.16. The number of carbonyl (C=O) groups is 1. The van der Waals surface area contributed by atoms with Gasteiger partial charge in [-0.05, 0) is 55.1 Å². The van der Waals surface area contributed by atoms with Crippen LogP contribution in [0.2, 0.25) is 0 Å². The van der Waals surface area contributed by atoms with Crippen molar-refractivity contribution in [3.05, 3.63) is 66.4 Å². The van der Waals surface area contributed by atoms with Crippen molar-refractivity contribution in [3.8, 4) is 11.1 Å². The van der Waals surface area contributed by atoms with Crippen LogP contribution in [-0.4, -0.2) is 23.9 Å². The van der Waals surface area contributed by atoms with E-state index in [2.05, 4.69) is 28.5 Å². The highest BCUT2D eigenvalue weighted by Gasteiger charge is 2.20. The van der Waals surface area contributed by atoms with Crippen LogP contribution in [0.1, 0.15) is 29.8 Å². The van der Waals surface area contributed by atoms with Gasteiger partial charge < -0.3 is 5.32 Å². The molecule has 1 aromatic heterocycles. The molecule has 1 aliphatic rings. The van der Waals surface area contributed by atoms with Gasteiger partial charge in [0.25, 0.3) is 0 Å². The molecular formula is C22H22N2O. The van der Waals surface area contributed by atoms with Gasteiger partial charge in [-0.2, -0.15) is 0 Å². The zero-order valence-electron chi connectivity index (χ0n) is 14.2. The smallest absolute Gasteiger partial charge is 0.181 e. The lowest BCUT2D eigenvalue weighted by Crippen LogP contribution is -2.31. The number of nitrogens with one attached hydrogen (secondary N) is 1. The predicted molar refractivity (Wildman–Crippen MR) is 102 cm³/mol. The summed E-state index contributed by atoms with van der Waals surface area (Å²) in [6, 6.07) is 20.3. The lowest BCUT2D eigenvalue weighted by molar-refractivity contribution is 0.0949. The Balaban J connectivity index is 1.73. The molecule has 1 aliphatic heterocycles. The molecule has 1 N–H and O–H groups in total. The average Bonchev–Trinajstić information content (AvgIpc) is 2.68. The van der Waals surface area contributed by atoms with Gasteiger partial charge in [0, 0.05) is 11.8 Å². The molecule has 0 amide bonds. The summed E-state index contributed by atoms with van der Waals surface area (Å²) < 4.78 is 0. The van der Waals surface area contributed by atoms with E-state index in [-0.39, 0.29) is 5.78 Å². The third-order valence-corrected chi connectivity index (χ3v) is 4.96. The van der Waals surface area contributed by atoms with Crippen LogP contribution in [0.15, 0.2) is 60.7 Å². The molecule has 1 unspecified atom stereocenters. The minimum Gasteiger partial charge on any atom is -0.316 e. The molecule has 126 valence electrons. The molecule has 3 aromatic rings. The highest BCUT2D eigenvalue weighted by molar-refractivity contribution is 6.02. The number of Topliss-reactive ketones (excluding diaryl/α,β-unsaturated/α-hetero) is 1. The standard InChI is InChI=1S/C22H22N2O/c25-22(13-16-7-6-12-23-15-16)21-14-19(17-8-2-1-3-9-17)18-10-4-5-11-20(18)24-21/h1-5,8-11,14,16,23H,6-7,12-13,15H2. The number of rotatable bonds is 4. The highest BCUT2D eigenvalue weighted by atomic mass is 16.1. The fraction of sp³-hybridized carbons (Fsp3) is 0.273. The van der Waals surface area contributed by atoms with E-state index in [1.807, 2.05) is 42.5 Å². The van der Waals surface area contributed by atoms with Crippen molar-refractivity contribution in [3.63, 3.8) is 0 Å². The van der Waals surface area contributed by atoms with Gasteiger partial charge in [-0.1, -0.05) is 48.5 Å². The van der Waals surface area contributed by atoms with Gasteiger partial charge in [-0.3, -0.25) is 4.79 Å². The number of pyridine rings is 1. The van der Waals surface area contributed by atoms with Crippen molar-refractivity contribution in [1.82, 2.24) is 10.3 Å². The molecule has 3 nitrogen and oxygen atoms in total. The Morgan fingerprint density at radius 3 is 2.68 bits per heavy atom. The quantitative estimate of drug-likeness (QED) is 0.718. The highest BCUT2D eigenvalue weighted by Crippen LogP contribution is 2.29. The fourth-order valence-corrected chi connectivity index (χ4v) is 3.64. The molecule has 0 bridgehead atoms. The summed E-state index contributed by atoms with van der Waals surface area (Å²) in [6.45, 7) is 2.00. The lowest BCUT2D eigenvalue weighted by atomic mass is 9.92. The fourth-order valence-electron chi connectivity index (χ4n) is 3.64. The van der Waals surface area contributed by atoms with Gasteiger partial charge in [0.1, 0.15) is 5.69 Å². The maximum Gasteiger partial charge on any atom is 0.181 e. The Bertz CT molecular complexity index is 883. The summed E-state index contributed by atoms with van der Waals surface area (Å²) in [5.74, 6) is 0.575. The number of hydrogen-bond donors (Lipinski definition) is 1. The Labute approximate surface area is 148 Å². The van der Waals surface area contributed by atoms with E-state index in [4.69, 9.17) is 0 Å². The van der Waals surface area contributed by atoms with Crippen LogP contribution in [0, 0.1) is 5.92 Å². The number of benzene rings is 2. The average molecular weight is 330 g/mol. The molecule has 25 heavy (non-hydrogen) atoms. The van der Waals surface area contributed by atoms with E-state index < -0.39 is 0 Å². The molecular weight excluding hydrogens is 308 g/mol. The summed E-state index contributed by atoms with van der Waals surface area (Å²) in [4.78, 5) is 17.5. The van der Waals surface area contributed by atoms with Crippen molar-refractivity contribution in [2.45, 2.75) is 19.3 Å². The Morgan fingerprint density at radius 1 is 1.08 bits per heavy atom. The molecule has 1 saturated heterocycles. The van der Waals surface area contributed by atoms with Crippen molar-refractivity contribution < 1.29 is 4.79 Å². The maximum absolute atomic E-state index is 12.8. The van der Waals surface area contributed by atoms with Gasteiger partial charge in [0.2, 0.25) is 0 Å². The molecule has 3 heteroatoms. The van der Waals surface area contributed by atoms with Crippen LogP contribution in [0.3, 0.4) is 0 Å². The largest absolute Gasteiger partial charge is 0.316 e. The van der Waals surface area contributed by atoms with Gasteiger partial charge in [-0.15, -0.1) is 0 Å². The summed E-state index contributed by atoms with van der Waals surface area (Å²) >= 11 is 0. The number of piperidine rings is 1. The normalized spacial score (nSPS) is 17.5. The lowest BCUT2D eigenvalue weighted by Gasteiger charge is -2.22. The van der Waals surface area contributed by atoms with E-state index in [1.165, 1.54) is 0 Å². The van der Waals surface area contributed by atoms with Crippen molar-refractivity contribution >= 4 is 16.7 Å². The number of nitrogens with zero attached hydrogens (tertiary/aromatic N) is 1. The molecule has 0 radical (unpaired) electrons. The Hall–Kier alpha value is -2.52. The first-order valence-corrected chi connectivity index (χ1v) is 9.00. The monoisotopic (exact) mass is 330 g/mol. The first-order valence-electron chi connectivity index (χ1n) is 9.00. The number of hydrogen-bond acceptors (Lipinski definition) is 3. The zero-order chi connectivity index (χ0) is 17.1. The van der Waals surface area contributed by atoms with E-state index in [0.29, 0.717) is 18.0 Å². The Kier molecular flexibility index (Phi) is 4.57. The van der Waals surface area contributed by atoms with Crippen molar-refractivity contribution in [2.75, 3.05) is 13.1 Å². The first kappa shape index (κ1) is 16.0. The molecule has 2 heterocycles. The molecule has 4 rings (SSSR count). The molecule has 0 aliphatic carbocycles. The molecule has 1 fully saturated rings. The van der Waals surface area contributed by atoms with Gasteiger partial charge in [0.05, 0.1) is 5.52 Å². The third-order valence-electron chi connectivity index (χ3n) is 4.96. The second-order valence-electron chi connectivity index (χ2n) is 6.78. The van der Waals surface area contributed by atoms with Crippen molar-refractivity contribution in [1.29, 1.82) is 0 Å². The Morgan fingerprint density at radius 2 is 1.88 bits per heavy atom. The van der Waals surface area contributed by atoms with Crippen molar-refractivity contribution in [2.24, 2.45) is 5.92 Å². The van der Waals surface area contributed by atoms with E-state index in [9.17, 15) is 4.79 Å². The number of carbonyl (C=O) groups excluding carboxylic acids is 1. The number of para-hydroxylation sites is 1. The number of fused-ring (bicyclic) bond motifs is 1. The summed E-state index contributed by atoms with van der Waals surface area (Å²) in [5.41, 5.74) is 3.67. The molecule has 2 aromatic carbocycles. The van der Waals surface area contributed by atoms with Gasteiger partial charge in [-0.25, -0.2) is 4.98 Å². The first-order chi connectivity index (χ1) is 12.3. The van der Waals surface area contributed by atoms with Crippen LogP contribution in [0.25, 0.3) is 22.0 Å². The van der Waals surface area contributed by atoms with Gasteiger partial charge in [0.15, 0.2) is 5.78 Å². The van der Waals surface area contributed by atoms with E-state index >= 15 is 0 Å². The minimum atomic E-state index is 0.150. The van der Waals surface area contributed by atoms with Crippen LogP contribution in [-0.2, 0) is 0 Å². The summed E-state index contributed by atoms with van der Waals surface area (Å²) in [7, 11) is 0. The second-order valence-corrected chi connectivity index (χ2v) is 6.78. The van der Waals surface area contributed by atoms with Crippen LogP contribution in [0.5, 0.6) is 0 Å². The molecule has 1 atom stereocenters. The number of ketones is 1. The summed E-state index contributed by atoms with van der Waals surface area (Å²) in [6.07, 6.45) is 2.85. The third kappa shape index (κ3) is 3.47. The minimum absolute atomic E-state index is 0.150. The topological polar surface area (TPSA) is 42.0 Å². The SMILES string of the molecule is O=C(CC1CCCNC1)c1cc(-c2ccccc2)c2ccccc2n1. The zero-order valence-corrected chi connectivity index (χ0v) is 14.2. The van der Waals surface area contributed by atoms with Crippen LogP contribution in [0.4, 0.5) is 0 Å². The summed E-state index contributed by atoms with van der Waals surface area (Å²) in [5, 5.41) is 4.47. The number of aromatic nitrogens is 1. The van der Waals surface area contributed by atoms with Crippen LogP contribution < -0.4 is 5.32 Å². The molecule has 0 spiro atoms. The van der Waals surface area contributed by atoms with Gasteiger partial charge >= 0.3 is 0 Å². The van der Waals surface area contributed by atoms with E-state index in [0.717, 1.165) is 48.0 Å². The molecule has 0 saturated carbocycles. The van der Waals surface area contributed by atoms with E-state index in [1.54, 1.807) is 0 Å². The maximum atomic E-state index is 12.8. The van der Waals surface area contributed by atoms with Crippen LogP contribution >= 0.6 is 0 Å². The predicted octanol–water partition coefficient (Wildman–Crippen LogP) is 4.47.